The molecule has 6 nitrogen and oxygen atoms in total. The van der Waals surface area contributed by atoms with E-state index in [1.165, 1.54) is 32.3 Å². The predicted molar refractivity (Wildman–Crippen MR) is 112 cm³/mol. The van der Waals surface area contributed by atoms with Gasteiger partial charge in [0.2, 0.25) is 15.9 Å². The highest BCUT2D eigenvalue weighted by Gasteiger charge is 2.40. The first-order valence-electron chi connectivity index (χ1n) is 9.85. The van der Waals surface area contributed by atoms with Crippen molar-refractivity contribution in [2.75, 3.05) is 27.3 Å². The van der Waals surface area contributed by atoms with Crippen LogP contribution in [0, 0.1) is 11.2 Å². The highest BCUT2D eigenvalue weighted by Crippen LogP contribution is 2.35. The molecule has 1 aliphatic rings. The monoisotopic (exact) mass is 434 g/mol. The largest absolute Gasteiger partial charge is 0.381 e. The van der Waals surface area contributed by atoms with Crippen LogP contribution in [0.1, 0.15) is 24.0 Å². The van der Waals surface area contributed by atoms with Crippen LogP contribution in [-0.2, 0) is 32.5 Å². The van der Waals surface area contributed by atoms with Crippen LogP contribution in [0.4, 0.5) is 4.39 Å². The van der Waals surface area contributed by atoms with Crippen LogP contribution < -0.4 is 5.32 Å². The van der Waals surface area contributed by atoms with E-state index in [0.717, 1.165) is 9.87 Å². The van der Waals surface area contributed by atoms with Gasteiger partial charge in [-0.15, -0.1) is 0 Å². The molecule has 1 saturated heterocycles. The Morgan fingerprint density at radius 3 is 2.50 bits per heavy atom. The SMILES string of the molecule is CN(C)S(=O)(=O)c1ccccc1CNC(=O)C1(Cc2cccc(F)c2)CCOCC1. The zero-order valence-electron chi connectivity index (χ0n) is 17.2. The Bertz CT molecular complexity index is 1000. The summed E-state index contributed by atoms with van der Waals surface area (Å²) in [6.45, 7) is 0.997. The van der Waals surface area contributed by atoms with Gasteiger partial charge >= 0.3 is 0 Å². The fraction of sp³-hybridized carbons (Fsp3) is 0.409. The first-order chi connectivity index (χ1) is 14.2. The van der Waals surface area contributed by atoms with Crippen LogP contribution in [0.25, 0.3) is 0 Å². The normalized spacial score (nSPS) is 16.4. The number of ether oxygens (including phenoxy) is 1. The first-order valence-corrected chi connectivity index (χ1v) is 11.3. The maximum absolute atomic E-state index is 13.7. The molecule has 1 N–H and O–H groups in total. The number of sulfonamides is 1. The van der Waals surface area contributed by atoms with Gasteiger partial charge in [0.15, 0.2) is 0 Å². The summed E-state index contributed by atoms with van der Waals surface area (Å²) in [7, 11) is -0.683. The maximum atomic E-state index is 13.7. The van der Waals surface area contributed by atoms with Gasteiger partial charge in [0.1, 0.15) is 5.82 Å². The van der Waals surface area contributed by atoms with Gasteiger partial charge in [-0.25, -0.2) is 17.1 Å². The fourth-order valence-corrected chi connectivity index (χ4v) is 4.86. The fourth-order valence-electron chi connectivity index (χ4n) is 3.75. The molecule has 0 spiro atoms. The van der Waals surface area contributed by atoms with Crippen LogP contribution in [0.3, 0.4) is 0 Å². The minimum atomic E-state index is -3.63. The average Bonchev–Trinajstić information content (AvgIpc) is 2.72. The molecule has 0 saturated carbocycles. The van der Waals surface area contributed by atoms with Crippen molar-refractivity contribution in [3.05, 3.63) is 65.5 Å². The van der Waals surface area contributed by atoms with Crippen molar-refractivity contribution < 1.29 is 22.3 Å². The number of amides is 1. The topological polar surface area (TPSA) is 75.7 Å². The van der Waals surface area contributed by atoms with Gasteiger partial charge < -0.3 is 10.1 Å². The van der Waals surface area contributed by atoms with Crippen molar-refractivity contribution in [2.24, 2.45) is 5.41 Å². The molecule has 0 aromatic heterocycles. The molecule has 1 heterocycles. The molecule has 162 valence electrons. The molecule has 1 aliphatic heterocycles. The number of carbonyl (C=O) groups is 1. The van der Waals surface area contributed by atoms with E-state index in [1.54, 1.807) is 24.3 Å². The van der Waals surface area contributed by atoms with Crippen molar-refractivity contribution in [1.29, 1.82) is 0 Å². The Morgan fingerprint density at radius 1 is 1.13 bits per heavy atom. The Morgan fingerprint density at radius 2 is 1.83 bits per heavy atom. The number of nitrogens with zero attached hydrogens (tertiary/aromatic N) is 1. The number of carbonyl (C=O) groups excluding carboxylic acids is 1. The van der Waals surface area contributed by atoms with E-state index in [0.29, 0.717) is 38.0 Å². The molecule has 1 amide bonds. The molecule has 0 atom stereocenters. The summed E-state index contributed by atoms with van der Waals surface area (Å²) in [4.78, 5) is 13.4. The van der Waals surface area contributed by atoms with Crippen molar-refractivity contribution in [3.63, 3.8) is 0 Å². The van der Waals surface area contributed by atoms with E-state index in [-0.39, 0.29) is 23.2 Å². The van der Waals surface area contributed by atoms with E-state index < -0.39 is 15.4 Å². The maximum Gasteiger partial charge on any atom is 0.242 e. The quantitative estimate of drug-likeness (QED) is 0.727. The van der Waals surface area contributed by atoms with Crippen molar-refractivity contribution in [1.82, 2.24) is 9.62 Å². The Labute approximate surface area is 177 Å². The summed E-state index contributed by atoms with van der Waals surface area (Å²) in [6.07, 6.45) is 1.44. The van der Waals surface area contributed by atoms with Crippen LogP contribution in [0.15, 0.2) is 53.4 Å². The van der Waals surface area contributed by atoms with Gasteiger partial charge in [0.05, 0.1) is 10.3 Å². The second kappa shape index (κ2) is 9.24. The molecule has 1 fully saturated rings. The number of benzene rings is 2. The van der Waals surface area contributed by atoms with Crippen LogP contribution in [-0.4, -0.2) is 45.9 Å². The lowest BCUT2D eigenvalue weighted by Crippen LogP contribution is -2.46. The molecule has 2 aromatic carbocycles. The Balaban J connectivity index is 1.81. The van der Waals surface area contributed by atoms with Gasteiger partial charge in [-0.2, -0.15) is 0 Å². The number of rotatable bonds is 7. The molecule has 0 unspecified atom stereocenters. The van der Waals surface area contributed by atoms with Crippen LogP contribution in [0.5, 0.6) is 0 Å². The van der Waals surface area contributed by atoms with Gasteiger partial charge in [0, 0.05) is 33.9 Å². The molecule has 3 rings (SSSR count). The summed E-state index contributed by atoms with van der Waals surface area (Å²) < 4.78 is 45.4. The van der Waals surface area contributed by atoms with Gasteiger partial charge in [-0.1, -0.05) is 30.3 Å². The van der Waals surface area contributed by atoms with Gasteiger partial charge in [-0.05, 0) is 48.6 Å². The number of nitrogens with one attached hydrogen (secondary N) is 1. The van der Waals surface area contributed by atoms with E-state index in [4.69, 9.17) is 4.74 Å². The standard InChI is InChI=1S/C22H27FN2O4S/c1-25(2)30(27,28)20-9-4-3-7-18(20)16-24-21(26)22(10-12-29-13-11-22)15-17-6-5-8-19(23)14-17/h3-9,14H,10-13,15-16H2,1-2H3,(H,24,26). The highest BCUT2D eigenvalue weighted by molar-refractivity contribution is 7.89. The lowest BCUT2D eigenvalue weighted by Gasteiger charge is -2.36. The van der Waals surface area contributed by atoms with Crippen LogP contribution in [0.2, 0.25) is 0 Å². The lowest BCUT2D eigenvalue weighted by molar-refractivity contribution is -0.136. The molecule has 2 aromatic rings. The molecular weight excluding hydrogens is 407 g/mol. The average molecular weight is 435 g/mol. The molecular formula is C22H27FN2O4S. The molecule has 0 radical (unpaired) electrons. The number of hydrogen-bond donors (Lipinski definition) is 1. The van der Waals surface area contributed by atoms with Crippen molar-refractivity contribution >= 4 is 15.9 Å². The van der Waals surface area contributed by atoms with E-state index in [2.05, 4.69) is 5.32 Å². The minimum absolute atomic E-state index is 0.0911. The third-order valence-corrected chi connectivity index (χ3v) is 7.45. The smallest absolute Gasteiger partial charge is 0.242 e. The third-order valence-electron chi connectivity index (χ3n) is 5.53. The van der Waals surface area contributed by atoms with E-state index in [1.807, 2.05) is 6.07 Å². The highest BCUT2D eigenvalue weighted by atomic mass is 32.2. The van der Waals surface area contributed by atoms with Gasteiger partial charge in [-0.3, -0.25) is 4.79 Å². The Hall–Kier alpha value is -2.29. The zero-order valence-corrected chi connectivity index (χ0v) is 18.0. The Kier molecular flexibility index (Phi) is 6.90. The summed E-state index contributed by atoms with van der Waals surface area (Å²) in [5, 5.41) is 2.92. The molecule has 0 bridgehead atoms. The third kappa shape index (κ3) is 4.88. The zero-order chi connectivity index (χ0) is 21.8. The van der Waals surface area contributed by atoms with Crippen molar-refractivity contribution in [3.8, 4) is 0 Å². The van der Waals surface area contributed by atoms with Crippen molar-refractivity contribution in [2.45, 2.75) is 30.7 Å². The number of halogens is 1. The molecule has 0 aliphatic carbocycles. The summed E-state index contributed by atoms with van der Waals surface area (Å²) in [5.41, 5.74) is 0.552. The summed E-state index contributed by atoms with van der Waals surface area (Å²) in [5.74, 6) is -0.509. The summed E-state index contributed by atoms with van der Waals surface area (Å²) in [6, 6.07) is 12.9. The van der Waals surface area contributed by atoms with E-state index >= 15 is 0 Å². The molecule has 8 heteroatoms. The van der Waals surface area contributed by atoms with E-state index in [9.17, 15) is 17.6 Å². The first kappa shape index (κ1) is 22.4. The van der Waals surface area contributed by atoms with Gasteiger partial charge in [0.25, 0.3) is 0 Å². The number of hydrogen-bond acceptors (Lipinski definition) is 4. The predicted octanol–water partition coefficient (Wildman–Crippen LogP) is 2.73. The van der Waals surface area contributed by atoms with Crippen LogP contribution >= 0.6 is 0 Å². The molecule has 30 heavy (non-hydrogen) atoms. The second-order valence-corrected chi connectivity index (χ2v) is 9.90. The summed E-state index contributed by atoms with van der Waals surface area (Å²) >= 11 is 0. The minimum Gasteiger partial charge on any atom is -0.381 e. The second-order valence-electron chi connectivity index (χ2n) is 7.78. The lowest BCUT2D eigenvalue weighted by atomic mass is 9.74.